The zero-order valence-corrected chi connectivity index (χ0v) is 17.9. The van der Waals surface area contributed by atoms with Crippen LogP contribution in [0.1, 0.15) is 65.6 Å². The van der Waals surface area contributed by atoms with E-state index in [4.69, 9.17) is 21.7 Å². The fourth-order valence-corrected chi connectivity index (χ4v) is 3.99. The summed E-state index contributed by atoms with van der Waals surface area (Å²) in [5.74, 6) is -0.337. The summed E-state index contributed by atoms with van der Waals surface area (Å²) >= 11 is 6.49. The molecule has 1 aromatic heterocycles. The molecule has 0 saturated heterocycles. The van der Waals surface area contributed by atoms with E-state index in [1.807, 2.05) is 0 Å². The topological polar surface area (TPSA) is 76.7 Å². The summed E-state index contributed by atoms with van der Waals surface area (Å²) in [6.45, 7) is 8.16. The molecular formula is C18H28N2O4S2. The fraction of sp³-hybridized carbons (Fsp3) is 0.611. The number of esters is 2. The molecule has 26 heavy (non-hydrogen) atoms. The van der Waals surface area contributed by atoms with E-state index in [1.54, 1.807) is 6.92 Å². The smallest absolute Gasteiger partial charge is 0.348 e. The van der Waals surface area contributed by atoms with Gasteiger partial charge in [-0.3, -0.25) is 0 Å². The number of rotatable bonds is 8. The van der Waals surface area contributed by atoms with Gasteiger partial charge in [0.25, 0.3) is 0 Å². The number of thiophene rings is 1. The third-order valence-electron chi connectivity index (χ3n) is 3.93. The molecule has 0 fully saturated rings. The SMILES string of the molecule is COC(=O)c1sc(NC(=S)N[C@@H](C)CCCC(C)C)c(C(=O)OC)c1C. The summed E-state index contributed by atoms with van der Waals surface area (Å²) in [6, 6.07) is 0.205. The molecule has 2 N–H and O–H groups in total. The van der Waals surface area contributed by atoms with Crippen molar-refractivity contribution in [3.8, 4) is 0 Å². The molecule has 146 valence electrons. The van der Waals surface area contributed by atoms with Crippen LogP contribution in [0.5, 0.6) is 0 Å². The molecule has 1 atom stereocenters. The fourth-order valence-electron chi connectivity index (χ4n) is 2.50. The number of nitrogens with one attached hydrogen (secondary N) is 2. The number of thiocarbonyl (C=S) groups is 1. The van der Waals surface area contributed by atoms with Crippen molar-refractivity contribution in [1.82, 2.24) is 5.32 Å². The molecule has 0 aliphatic heterocycles. The molecule has 1 aromatic rings. The Morgan fingerprint density at radius 2 is 1.73 bits per heavy atom. The van der Waals surface area contributed by atoms with Gasteiger partial charge in [-0.2, -0.15) is 0 Å². The minimum atomic E-state index is -0.524. The Morgan fingerprint density at radius 3 is 2.27 bits per heavy atom. The van der Waals surface area contributed by atoms with Crippen molar-refractivity contribution in [2.24, 2.45) is 5.92 Å². The van der Waals surface area contributed by atoms with Gasteiger partial charge >= 0.3 is 11.9 Å². The van der Waals surface area contributed by atoms with E-state index in [1.165, 1.54) is 20.6 Å². The average molecular weight is 401 g/mol. The molecule has 0 spiro atoms. The summed E-state index contributed by atoms with van der Waals surface area (Å²) in [5.41, 5.74) is 0.818. The van der Waals surface area contributed by atoms with E-state index in [9.17, 15) is 9.59 Å². The van der Waals surface area contributed by atoms with Gasteiger partial charge in [0.05, 0.1) is 19.8 Å². The van der Waals surface area contributed by atoms with Crippen LogP contribution >= 0.6 is 23.6 Å². The maximum atomic E-state index is 12.1. The number of carbonyl (C=O) groups is 2. The molecule has 0 aliphatic carbocycles. The van der Waals surface area contributed by atoms with Gasteiger partial charge in [-0.15, -0.1) is 11.3 Å². The number of carbonyl (C=O) groups excluding carboxylic acids is 2. The highest BCUT2D eigenvalue weighted by molar-refractivity contribution is 7.80. The Labute approximate surface area is 164 Å². The predicted molar refractivity (Wildman–Crippen MR) is 109 cm³/mol. The van der Waals surface area contributed by atoms with E-state index in [0.717, 1.165) is 24.2 Å². The van der Waals surface area contributed by atoms with Crippen LogP contribution in [0.4, 0.5) is 5.00 Å². The molecule has 0 bridgehead atoms. The molecule has 0 saturated carbocycles. The highest BCUT2D eigenvalue weighted by Crippen LogP contribution is 2.34. The van der Waals surface area contributed by atoms with Crippen LogP contribution in [0.15, 0.2) is 0 Å². The highest BCUT2D eigenvalue weighted by Gasteiger charge is 2.26. The second-order valence-electron chi connectivity index (χ2n) is 6.57. The van der Waals surface area contributed by atoms with Crippen LogP contribution in [-0.4, -0.2) is 37.3 Å². The minimum Gasteiger partial charge on any atom is -0.465 e. The van der Waals surface area contributed by atoms with Crippen LogP contribution in [0.2, 0.25) is 0 Å². The number of anilines is 1. The van der Waals surface area contributed by atoms with E-state index in [2.05, 4.69) is 31.4 Å². The van der Waals surface area contributed by atoms with Gasteiger partial charge in [0, 0.05) is 6.04 Å². The second kappa shape index (κ2) is 10.5. The standard InChI is InChI=1S/C18H28N2O4S2/c1-10(2)8-7-9-11(3)19-18(25)20-15-13(16(21)23-5)12(4)14(26-15)17(22)24-6/h10-11H,7-9H2,1-6H3,(H2,19,20,25)/t11-/m0/s1. The van der Waals surface area contributed by atoms with Crippen LogP contribution in [0, 0.1) is 12.8 Å². The molecule has 0 radical (unpaired) electrons. The van der Waals surface area contributed by atoms with Gasteiger partial charge < -0.3 is 20.1 Å². The van der Waals surface area contributed by atoms with Gasteiger partial charge in [0.15, 0.2) is 5.11 Å². The molecular weight excluding hydrogens is 372 g/mol. The first-order chi connectivity index (χ1) is 12.2. The average Bonchev–Trinajstić information content (AvgIpc) is 2.89. The van der Waals surface area contributed by atoms with E-state index >= 15 is 0 Å². The molecule has 0 aromatic carbocycles. The Kier molecular flexibility index (Phi) is 9.01. The van der Waals surface area contributed by atoms with E-state index in [0.29, 0.717) is 32.0 Å². The number of hydrogen-bond acceptors (Lipinski definition) is 6. The maximum Gasteiger partial charge on any atom is 0.348 e. The van der Waals surface area contributed by atoms with Crippen molar-refractivity contribution in [1.29, 1.82) is 0 Å². The van der Waals surface area contributed by atoms with Crippen molar-refractivity contribution in [3.05, 3.63) is 16.0 Å². The van der Waals surface area contributed by atoms with E-state index in [-0.39, 0.29) is 6.04 Å². The van der Waals surface area contributed by atoms with Crippen molar-refractivity contribution in [3.63, 3.8) is 0 Å². The van der Waals surface area contributed by atoms with Gasteiger partial charge in [-0.25, -0.2) is 9.59 Å². The Balaban J connectivity index is 2.86. The first-order valence-electron chi connectivity index (χ1n) is 8.58. The normalized spacial score (nSPS) is 11.8. The Morgan fingerprint density at radius 1 is 1.12 bits per heavy atom. The van der Waals surface area contributed by atoms with Crippen LogP contribution in [-0.2, 0) is 9.47 Å². The lowest BCUT2D eigenvalue weighted by atomic mass is 10.0. The summed E-state index contributed by atoms with van der Waals surface area (Å²) in [4.78, 5) is 24.4. The minimum absolute atomic E-state index is 0.205. The van der Waals surface area contributed by atoms with Gasteiger partial charge in [-0.05, 0) is 44.0 Å². The first-order valence-corrected chi connectivity index (χ1v) is 9.81. The summed E-state index contributed by atoms with van der Waals surface area (Å²) in [7, 11) is 2.60. The van der Waals surface area contributed by atoms with Crippen molar-refractivity contribution < 1.29 is 19.1 Å². The Hall–Kier alpha value is -1.67. The Bertz CT molecular complexity index is 656. The van der Waals surface area contributed by atoms with Crippen LogP contribution in [0.3, 0.4) is 0 Å². The largest absolute Gasteiger partial charge is 0.465 e. The van der Waals surface area contributed by atoms with Gasteiger partial charge in [-0.1, -0.05) is 26.7 Å². The quantitative estimate of drug-likeness (QED) is 0.502. The van der Waals surface area contributed by atoms with Crippen molar-refractivity contribution in [2.45, 2.75) is 53.0 Å². The highest BCUT2D eigenvalue weighted by atomic mass is 32.1. The lowest BCUT2D eigenvalue weighted by molar-refractivity contribution is 0.0601. The summed E-state index contributed by atoms with van der Waals surface area (Å²) in [5, 5.41) is 7.12. The van der Waals surface area contributed by atoms with Crippen LogP contribution < -0.4 is 10.6 Å². The molecule has 1 heterocycles. The van der Waals surface area contributed by atoms with Crippen LogP contribution in [0.25, 0.3) is 0 Å². The second-order valence-corrected chi connectivity index (χ2v) is 8.00. The predicted octanol–water partition coefficient (Wildman–Crippen LogP) is 4.13. The van der Waals surface area contributed by atoms with Gasteiger partial charge in [0.2, 0.25) is 0 Å². The zero-order valence-electron chi connectivity index (χ0n) is 16.2. The number of ether oxygens (including phenoxy) is 2. The molecule has 1 rings (SSSR count). The van der Waals surface area contributed by atoms with E-state index < -0.39 is 11.9 Å². The lowest BCUT2D eigenvalue weighted by Crippen LogP contribution is -2.36. The molecule has 0 aliphatic rings. The summed E-state index contributed by atoms with van der Waals surface area (Å²) < 4.78 is 9.61. The summed E-state index contributed by atoms with van der Waals surface area (Å²) in [6.07, 6.45) is 3.29. The third kappa shape index (κ3) is 6.25. The maximum absolute atomic E-state index is 12.1. The lowest BCUT2D eigenvalue weighted by Gasteiger charge is -2.17. The van der Waals surface area contributed by atoms with Crippen molar-refractivity contribution >= 4 is 45.6 Å². The monoisotopic (exact) mass is 400 g/mol. The molecule has 0 amide bonds. The molecule has 8 heteroatoms. The van der Waals surface area contributed by atoms with Gasteiger partial charge in [0.1, 0.15) is 9.88 Å². The third-order valence-corrected chi connectivity index (χ3v) is 5.34. The number of methoxy groups -OCH3 is 2. The zero-order chi connectivity index (χ0) is 19.9. The van der Waals surface area contributed by atoms with Crippen molar-refractivity contribution in [2.75, 3.05) is 19.5 Å². The number of hydrogen-bond donors (Lipinski definition) is 2. The first kappa shape index (κ1) is 22.4. The molecule has 6 nitrogen and oxygen atoms in total. The molecule has 0 unspecified atom stereocenters.